The zero-order valence-electron chi connectivity index (χ0n) is 15.9. The van der Waals surface area contributed by atoms with Gasteiger partial charge >= 0.3 is 0 Å². The molecule has 4 aromatic rings. The number of hydrogen-bond acceptors (Lipinski definition) is 3. The summed E-state index contributed by atoms with van der Waals surface area (Å²) in [5, 5.41) is 5.65. The van der Waals surface area contributed by atoms with Gasteiger partial charge in [-0.25, -0.2) is 4.99 Å². The average molecular weight is 367 g/mol. The van der Waals surface area contributed by atoms with E-state index in [1.165, 1.54) is 10.9 Å². The minimum atomic E-state index is 0.598. The van der Waals surface area contributed by atoms with Gasteiger partial charge in [0.05, 0.1) is 11.9 Å². The van der Waals surface area contributed by atoms with E-state index in [0.717, 1.165) is 22.6 Å². The van der Waals surface area contributed by atoms with Crippen molar-refractivity contribution in [3.63, 3.8) is 0 Å². The lowest BCUT2D eigenvalue weighted by Gasteiger charge is -2.05. The quantitative estimate of drug-likeness (QED) is 0.326. The number of aliphatic imine (C=N–C) groups is 1. The minimum absolute atomic E-state index is 0.598. The van der Waals surface area contributed by atoms with E-state index in [-0.39, 0.29) is 0 Å². The summed E-state index contributed by atoms with van der Waals surface area (Å²) in [4.78, 5) is 9.08. The van der Waals surface area contributed by atoms with Crippen molar-refractivity contribution in [1.82, 2.24) is 15.0 Å². The second-order valence-corrected chi connectivity index (χ2v) is 6.46. The Labute approximate surface area is 164 Å². The molecule has 5 nitrogen and oxygen atoms in total. The highest BCUT2D eigenvalue weighted by Gasteiger charge is 2.10. The van der Waals surface area contributed by atoms with Gasteiger partial charge in [-0.15, -0.1) is 0 Å². The molecule has 0 aliphatic rings. The summed E-state index contributed by atoms with van der Waals surface area (Å²) in [5.74, 6) is 0.598. The number of para-hydroxylation sites is 2. The summed E-state index contributed by atoms with van der Waals surface area (Å²) >= 11 is 0. The summed E-state index contributed by atoms with van der Waals surface area (Å²) < 4.78 is 2.18. The molecular formula is C23H21N5. The smallest absolute Gasteiger partial charge is 0.172 e. The molecule has 28 heavy (non-hydrogen) atoms. The second kappa shape index (κ2) is 7.88. The Morgan fingerprint density at radius 2 is 1.71 bits per heavy atom. The Kier molecular flexibility index (Phi) is 4.97. The molecule has 0 saturated heterocycles. The number of benzene rings is 2. The molecule has 0 fully saturated rings. The van der Waals surface area contributed by atoms with E-state index in [9.17, 15) is 0 Å². The van der Waals surface area contributed by atoms with Gasteiger partial charge in [0.2, 0.25) is 0 Å². The minimum Gasteiger partial charge on any atom is -0.347 e. The lowest BCUT2D eigenvalue weighted by molar-refractivity contribution is 0.916. The molecule has 0 atom stereocenters. The van der Waals surface area contributed by atoms with Gasteiger partial charge in [-0.1, -0.05) is 42.5 Å². The first-order chi connectivity index (χ1) is 13.7. The van der Waals surface area contributed by atoms with Crippen molar-refractivity contribution in [2.75, 3.05) is 0 Å². The summed E-state index contributed by atoms with van der Waals surface area (Å²) in [5.41, 5.74) is 8.09. The zero-order valence-corrected chi connectivity index (χ0v) is 15.9. The van der Waals surface area contributed by atoms with Crippen LogP contribution in [-0.4, -0.2) is 21.6 Å². The average Bonchev–Trinajstić information content (AvgIpc) is 2.99. The Morgan fingerprint density at radius 3 is 2.50 bits per heavy atom. The molecule has 0 amide bonds. The third-order valence-electron chi connectivity index (χ3n) is 4.72. The maximum atomic E-state index is 4.67. The van der Waals surface area contributed by atoms with Crippen LogP contribution in [0, 0.1) is 6.92 Å². The fourth-order valence-electron chi connectivity index (χ4n) is 3.15. The predicted octanol–water partition coefficient (Wildman–Crippen LogP) is 4.58. The molecule has 1 N–H and O–H groups in total. The van der Waals surface area contributed by atoms with Crippen molar-refractivity contribution < 1.29 is 0 Å². The van der Waals surface area contributed by atoms with E-state index in [0.29, 0.717) is 5.84 Å². The number of fused-ring (bicyclic) bond motifs is 1. The second-order valence-electron chi connectivity index (χ2n) is 6.46. The number of aryl methyl sites for hydroxylation is 1. The van der Waals surface area contributed by atoms with Crippen LogP contribution in [0.25, 0.3) is 10.9 Å². The predicted molar refractivity (Wildman–Crippen MR) is 115 cm³/mol. The SMILES string of the molecule is Cc1c(C=NNC(=Nc2ccccc2)c2ccccn2)c2ccccc2n1C. The maximum Gasteiger partial charge on any atom is 0.172 e. The van der Waals surface area contributed by atoms with Crippen LogP contribution in [0.2, 0.25) is 0 Å². The molecule has 2 aromatic carbocycles. The van der Waals surface area contributed by atoms with Crippen LogP contribution in [0.15, 0.2) is 89.1 Å². The van der Waals surface area contributed by atoms with Gasteiger partial charge in [0, 0.05) is 35.4 Å². The van der Waals surface area contributed by atoms with Crippen molar-refractivity contribution in [1.29, 1.82) is 0 Å². The first kappa shape index (κ1) is 17.7. The molecule has 138 valence electrons. The first-order valence-corrected chi connectivity index (χ1v) is 9.12. The Bertz CT molecular complexity index is 1140. The lowest BCUT2D eigenvalue weighted by Crippen LogP contribution is -2.20. The van der Waals surface area contributed by atoms with Crippen molar-refractivity contribution in [3.05, 3.63) is 95.9 Å². The van der Waals surface area contributed by atoms with Gasteiger partial charge in [0.25, 0.3) is 0 Å². The van der Waals surface area contributed by atoms with Crippen LogP contribution in [0.5, 0.6) is 0 Å². The van der Waals surface area contributed by atoms with E-state index in [4.69, 9.17) is 0 Å². The number of nitrogens with zero attached hydrogens (tertiary/aromatic N) is 4. The van der Waals surface area contributed by atoms with E-state index in [1.54, 1.807) is 6.20 Å². The third kappa shape index (κ3) is 3.55. The van der Waals surface area contributed by atoms with Gasteiger partial charge in [-0.05, 0) is 37.3 Å². The molecule has 0 radical (unpaired) electrons. The molecule has 0 saturated carbocycles. The van der Waals surface area contributed by atoms with Gasteiger partial charge in [0.15, 0.2) is 5.84 Å². The highest BCUT2D eigenvalue weighted by atomic mass is 15.3. The van der Waals surface area contributed by atoms with E-state index >= 15 is 0 Å². The maximum absolute atomic E-state index is 4.67. The number of hydrazone groups is 1. The number of nitrogens with one attached hydrogen (secondary N) is 1. The number of amidine groups is 1. The zero-order chi connectivity index (χ0) is 19.3. The highest BCUT2D eigenvalue weighted by Crippen LogP contribution is 2.23. The van der Waals surface area contributed by atoms with Crippen LogP contribution in [0.3, 0.4) is 0 Å². The summed E-state index contributed by atoms with van der Waals surface area (Å²) in [6.07, 6.45) is 3.59. The van der Waals surface area contributed by atoms with Crippen LogP contribution in [0.4, 0.5) is 5.69 Å². The molecule has 2 heterocycles. The Hall–Kier alpha value is -3.73. The first-order valence-electron chi connectivity index (χ1n) is 9.12. The summed E-state index contributed by atoms with van der Waals surface area (Å²) in [6.45, 7) is 2.10. The van der Waals surface area contributed by atoms with Crippen molar-refractivity contribution in [2.24, 2.45) is 17.1 Å². The highest BCUT2D eigenvalue weighted by molar-refractivity contribution is 6.02. The molecule has 2 aromatic heterocycles. The standard InChI is InChI=1S/C23H21N5/c1-17-20(19-12-6-7-14-22(19)28(17)2)16-25-27-23(21-13-8-9-15-24-21)26-18-10-4-3-5-11-18/h3-16H,1-2H3,(H,26,27). The van der Waals surface area contributed by atoms with Gasteiger partial charge in [-0.3, -0.25) is 10.4 Å². The fourth-order valence-corrected chi connectivity index (χ4v) is 3.15. The van der Waals surface area contributed by atoms with Crippen molar-refractivity contribution >= 4 is 28.6 Å². The van der Waals surface area contributed by atoms with Crippen LogP contribution in [-0.2, 0) is 7.05 Å². The largest absolute Gasteiger partial charge is 0.347 e. The van der Waals surface area contributed by atoms with E-state index < -0.39 is 0 Å². The molecule has 0 aliphatic heterocycles. The number of rotatable bonds is 4. The molecular weight excluding hydrogens is 346 g/mol. The fraction of sp³-hybridized carbons (Fsp3) is 0.0870. The van der Waals surface area contributed by atoms with Gasteiger partial charge in [-0.2, -0.15) is 5.10 Å². The number of aromatic nitrogens is 2. The third-order valence-corrected chi connectivity index (χ3v) is 4.72. The van der Waals surface area contributed by atoms with E-state index in [2.05, 4.69) is 51.2 Å². The summed E-state index contributed by atoms with van der Waals surface area (Å²) in [7, 11) is 2.07. The van der Waals surface area contributed by atoms with Crippen molar-refractivity contribution in [3.8, 4) is 0 Å². The molecule has 0 aliphatic carbocycles. The number of hydrogen-bond donors (Lipinski definition) is 1. The number of pyridine rings is 1. The summed E-state index contributed by atoms with van der Waals surface area (Å²) in [6, 6.07) is 23.8. The topological polar surface area (TPSA) is 54.6 Å². The molecule has 0 bridgehead atoms. The van der Waals surface area contributed by atoms with Crippen molar-refractivity contribution in [2.45, 2.75) is 6.92 Å². The monoisotopic (exact) mass is 367 g/mol. The van der Waals surface area contributed by atoms with Gasteiger partial charge < -0.3 is 4.57 Å². The normalized spacial score (nSPS) is 12.0. The van der Waals surface area contributed by atoms with Gasteiger partial charge in [0.1, 0.15) is 5.69 Å². The molecule has 0 unspecified atom stereocenters. The molecule has 0 spiro atoms. The Morgan fingerprint density at radius 1 is 0.964 bits per heavy atom. The van der Waals surface area contributed by atoms with Crippen LogP contribution < -0.4 is 5.43 Å². The molecule has 4 rings (SSSR count). The lowest BCUT2D eigenvalue weighted by atomic mass is 10.1. The molecule has 5 heteroatoms. The van der Waals surface area contributed by atoms with Crippen LogP contribution >= 0.6 is 0 Å². The van der Waals surface area contributed by atoms with Crippen LogP contribution in [0.1, 0.15) is 17.0 Å². The van der Waals surface area contributed by atoms with E-state index in [1.807, 2.05) is 66.9 Å². The Balaban J connectivity index is 1.67.